The maximum absolute atomic E-state index is 13.8. The van der Waals surface area contributed by atoms with E-state index in [1.165, 1.54) is 30.8 Å². The number of hydrogen-bond acceptors (Lipinski definition) is 6. The van der Waals surface area contributed by atoms with E-state index in [-0.39, 0.29) is 11.4 Å². The fourth-order valence-corrected chi connectivity index (χ4v) is 5.26. The first kappa shape index (κ1) is 19.4. The van der Waals surface area contributed by atoms with Gasteiger partial charge in [0.25, 0.3) is 15.9 Å². The summed E-state index contributed by atoms with van der Waals surface area (Å²) in [7, 11) is -3.45. The van der Waals surface area contributed by atoms with Gasteiger partial charge in [0.1, 0.15) is 5.82 Å². The lowest BCUT2D eigenvalue weighted by atomic mass is 10.1. The van der Waals surface area contributed by atoms with Gasteiger partial charge >= 0.3 is 0 Å². The van der Waals surface area contributed by atoms with E-state index < -0.39 is 27.7 Å². The Hall–Kier alpha value is -2.92. The fraction of sp³-hybridized carbons (Fsp3) is 0.167. The fourth-order valence-electron chi connectivity index (χ4n) is 2.96. The average molecular weight is 434 g/mol. The molecule has 0 aliphatic carbocycles. The number of benzene rings is 2. The van der Waals surface area contributed by atoms with Crippen LogP contribution in [-0.4, -0.2) is 37.7 Å². The van der Waals surface area contributed by atoms with Crippen molar-refractivity contribution in [3.63, 3.8) is 0 Å². The van der Waals surface area contributed by atoms with Crippen LogP contribution in [0.5, 0.6) is 0 Å². The van der Waals surface area contributed by atoms with Gasteiger partial charge in [0.2, 0.25) is 5.91 Å². The van der Waals surface area contributed by atoms with Crippen molar-refractivity contribution in [2.75, 3.05) is 27.8 Å². The Labute approximate surface area is 170 Å². The quantitative estimate of drug-likeness (QED) is 0.769. The molecule has 2 aromatic carbocycles. The molecule has 0 unspecified atom stereocenters. The molecule has 0 radical (unpaired) electrons. The number of rotatable bonds is 3. The van der Waals surface area contributed by atoms with Crippen molar-refractivity contribution in [3.8, 4) is 0 Å². The largest absolute Gasteiger partial charge is 0.324 e. The van der Waals surface area contributed by atoms with Gasteiger partial charge in [-0.2, -0.15) is 0 Å². The van der Waals surface area contributed by atoms with Crippen molar-refractivity contribution in [3.05, 3.63) is 47.8 Å². The summed E-state index contributed by atoms with van der Waals surface area (Å²) < 4.78 is 40.9. The number of halogens is 1. The number of nitrogens with zero attached hydrogens (tertiary/aromatic N) is 2. The SMILES string of the molecule is CC(=O)Nc1cc(NC(=O)c2ccc3c(c2)SC2=NS(=O)(=O)CCN23)ccc1F. The van der Waals surface area contributed by atoms with E-state index in [0.717, 1.165) is 16.6 Å². The minimum atomic E-state index is -3.45. The van der Waals surface area contributed by atoms with E-state index in [1.807, 2.05) is 4.90 Å². The first-order valence-electron chi connectivity index (χ1n) is 8.52. The lowest BCUT2D eigenvalue weighted by molar-refractivity contribution is -0.114. The lowest BCUT2D eigenvalue weighted by Gasteiger charge is -2.22. The summed E-state index contributed by atoms with van der Waals surface area (Å²) in [5, 5.41) is 5.40. The summed E-state index contributed by atoms with van der Waals surface area (Å²) in [6.45, 7) is 1.57. The highest BCUT2D eigenvalue weighted by molar-refractivity contribution is 8.15. The number of sulfonamides is 1. The number of amides is 2. The maximum atomic E-state index is 13.8. The number of anilines is 3. The molecule has 0 atom stereocenters. The lowest BCUT2D eigenvalue weighted by Crippen LogP contribution is -2.35. The molecule has 4 rings (SSSR count). The summed E-state index contributed by atoms with van der Waals surface area (Å²) in [5.74, 6) is -1.52. The third kappa shape index (κ3) is 3.96. The van der Waals surface area contributed by atoms with Crippen LogP contribution in [-0.2, 0) is 14.8 Å². The number of fused-ring (bicyclic) bond motifs is 3. The van der Waals surface area contributed by atoms with Gasteiger partial charge in [-0.1, -0.05) is 0 Å². The number of amidine groups is 1. The normalized spacial score (nSPS) is 16.5. The zero-order valence-electron chi connectivity index (χ0n) is 15.1. The Morgan fingerprint density at radius 2 is 1.97 bits per heavy atom. The van der Waals surface area contributed by atoms with Gasteiger partial charge in [-0.05, 0) is 48.2 Å². The van der Waals surface area contributed by atoms with E-state index >= 15 is 0 Å². The average Bonchev–Trinajstić information content (AvgIpc) is 2.99. The van der Waals surface area contributed by atoms with E-state index in [1.54, 1.807) is 18.2 Å². The molecule has 0 spiro atoms. The van der Waals surface area contributed by atoms with Crippen LogP contribution in [0.1, 0.15) is 17.3 Å². The molecule has 2 amide bonds. The number of nitrogens with one attached hydrogen (secondary N) is 2. The van der Waals surface area contributed by atoms with Crippen molar-refractivity contribution < 1.29 is 22.4 Å². The van der Waals surface area contributed by atoms with Crippen LogP contribution in [0.25, 0.3) is 0 Å². The van der Waals surface area contributed by atoms with Gasteiger partial charge in [-0.15, -0.1) is 4.40 Å². The molecule has 2 N–H and O–H groups in total. The first-order chi connectivity index (χ1) is 13.7. The van der Waals surface area contributed by atoms with Gasteiger partial charge in [0, 0.05) is 29.6 Å². The molecule has 0 saturated carbocycles. The van der Waals surface area contributed by atoms with Crippen LogP contribution in [0.2, 0.25) is 0 Å². The molecule has 2 aliphatic heterocycles. The third-order valence-electron chi connectivity index (χ3n) is 4.27. The second-order valence-electron chi connectivity index (χ2n) is 6.43. The van der Waals surface area contributed by atoms with Crippen LogP contribution < -0.4 is 15.5 Å². The van der Waals surface area contributed by atoms with E-state index in [9.17, 15) is 22.4 Å². The van der Waals surface area contributed by atoms with Crippen molar-refractivity contribution >= 4 is 55.8 Å². The number of carbonyl (C=O) groups is 2. The van der Waals surface area contributed by atoms with Crippen LogP contribution in [0.4, 0.5) is 21.5 Å². The van der Waals surface area contributed by atoms with Gasteiger partial charge in [-0.3, -0.25) is 9.59 Å². The number of thioether (sulfide) groups is 1. The van der Waals surface area contributed by atoms with Crippen molar-refractivity contribution in [2.24, 2.45) is 4.40 Å². The molecule has 2 aromatic rings. The summed E-state index contributed by atoms with van der Waals surface area (Å²) >= 11 is 1.19. The van der Waals surface area contributed by atoms with E-state index in [0.29, 0.717) is 23.0 Å². The molecule has 0 aromatic heterocycles. The van der Waals surface area contributed by atoms with Crippen LogP contribution in [0, 0.1) is 5.82 Å². The van der Waals surface area contributed by atoms with E-state index in [2.05, 4.69) is 15.0 Å². The Bertz CT molecular complexity index is 1180. The Balaban J connectivity index is 1.56. The minimum absolute atomic E-state index is 0.0316. The molecule has 11 heteroatoms. The number of carbonyl (C=O) groups excluding carboxylic acids is 2. The van der Waals surface area contributed by atoms with Gasteiger partial charge in [0.05, 0.1) is 17.1 Å². The maximum Gasteiger partial charge on any atom is 0.257 e. The second-order valence-corrected chi connectivity index (χ2v) is 9.19. The van der Waals surface area contributed by atoms with E-state index in [4.69, 9.17) is 0 Å². The van der Waals surface area contributed by atoms with Crippen molar-refractivity contribution in [2.45, 2.75) is 11.8 Å². The summed E-state index contributed by atoms with van der Waals surface area (Å²) in [5.41, 5.74) is 1.44. The highest BCUT2D eigenvalue weighted by Crippen LogP contribution is 2.42. The Morgan fingerprint density at radius 1 is 1.17 bits per heavy atom. The van der Waals surface area contributed by atoms with Gasteiger partial charge in [-0.25, -0.2) is 12.8 Å². The Kier molecular flexibility index (Phi) is 4.79. The predicted molar refractivity (Wildman–Crippen MR) is 110 cm³/mol. The molecule has 150 valence electrons. The Morgan fingerprint density at radius 3 is 2.72 bits per heavy atom. The molecule has 2 aliphatic rings. The molecule has 2 heterocycles. The van der Waals surface area contributed by atoms with Crippen LogP contribution in [0.3, 0.4) is 0 Å². The predicted octanol–water partition coefficient (Wildman–Crippen LogP) is 2.65. The highest BCUT2D eigenvalue weighted by atomic mass is 32.2. The summed E-state index contributed by atoms with van der Waals surface area (Å²) in [6, 6.07) is 8.89. The first-order valence-corrected chi connectivity index (χ1v) is 10.9. The molecular formula is C18H15FN4O4S2. The second kappa shape index (κ2) is 7.16. The minimum Gasteiger partial charge on any atom is -0.324 e. The molecule has 0 fully saturated rings. The molecule has 0 saturated heterocycles. The third-order valence-corrected chi connectivity index (χ3v) is 6.58. The van der Waals surface area contributed by atoms with Crippen molar-refractivity contribution in [1.82, 2.24) is 0 Å². The number of hydrogen-bond donors (Lipinski definition) is 2. The van der Waals surface area contributed by atoms with Crippen LogP contribution >= 0.6 is 11.8 Å². The topological polar surface area (TPSA) is 108 Å². The highest BCUT2D eigenvalue weighted by Gasteiger charge is 2.33. The zero-order valence-corrected chi connectivity index (χ0v) is 16.7. The van der Waals surface area contributed by atoms with Gasteiger partial charge < -0.3 is 15.5 Å². The summed E-state index contributed by atoms with van der Waals surface area (Å²) in [6.07, 6.45) is 0. The van der Waals surface area contributed by atoms with Crippen LogP contribution in [0.15, 0.2) is 45.7 Å². The molecule has 29 heavy (non-hydrogen) atoms. The van der Waals surface area contributed by atoms with Gasteiger partial charge in [0.15, 0.2) is 5.17 Å². The summed E-state index contributed by atoms with van der Waals surface area (Å²) in [4.78, 5) is 26.3. The monoisotopic (exact) mass is 434 g/mol. The smallest absolute Gasteiger partial charge is 0.257 e. The zero-order chi connectivity index (χ0) is 20.8. The standard InChI is InChI=1S/C18H15FN4O4S2/c1-10(24)20-14-9-12(3-4-13(14)19)21-17(25)11-2-5-15-16(8-11)28-18-22-29(26,27)7-6-23(15)18/h2-5,8-9H,6-7H2,1H3,(H,20,24)(H,21,25). The molecular weight excluding hydrogens is 419 g/mol. The van der Waals surface area contributed by atoms with Crippen molar-refractivity contribution in [1.29, 1.82) is 0 Å². The molecule has 8 nitrogen and oxygen atoms in total. The molecule has 0 bridgehead atoms.